The first-order valence-electron chi connectivity index (χ1n) is 10.3. The highest BCUT2D eigenvalue weighted by molar-refractivity contribution is 5.98. The number of nitrogens with one attached hydrogen (secondary N) is 2. The van der Waals surface area contributed by atoms with Crippen LogP contribution < -0.4 is 15.0 Å². The van der Waals surface area contributed by atoms with E-state index >= 15 is 0 Å². The topological polar surface area (TPSA) is 86.4 Å². The van der Waals surface area contributed by atoms with Gasteiger partial charge in [0, 0.05) is 55.9 Å². The normalized spacial score (nSPS) is 14.8. The number of methoxy groups -OCH3 is 1. The van der Waals surface area contributed by atoms with Gasteiger partial charge in [-0.25, -0.2) is 9.97 Å². The third-order valence-corrected chi connectivity index (χ3v) is 5.73. The van der Waals surface area contributed by atoms with Crippen LogP contribution in [0.5, 0.6) is 5.75 Å². The van der Waals surface area contributed by atoms with Crippen molar-refractivity contribution < 1.29 is 9.53 Å². The lowest BCUT2D eigenvalue weighted by Crippen LogP contribution is -2.47. The largest absolute Gasteiger partial charge is 0.491 e. The first-order valence-corrected chi connectivity index (χ1v) is 10.3. The van der Waals surface area contributed by atoms with Gasteiger partial charge in [-0.15, -0.1) is 0 Å². The molecule has 30 heavy (non-hydrogen) atoms. The molecule has 8 nitrogen and oxygen atoms in total. The molecule has 1 fully saturated rings. The molecule has 1 saturated heterocycles. The number of carbonyl (C=O) groups excluding carboxylic acids is 1. The molecule has 0 unspecified atom stereocenters. The molecule has 0 atom stereocenters. The third kappa shape index (κ3) is 4.23. The molecule has 3 aromatic rings. The van der Waals surface area contributed by atoms with Crippen molar-refractivity contribution in [3.63, 3.8) is 0 Å². The maximum Gasteiger partial charge on any atom is 0.251 e. The summed E-state index contributed by atoms with van der Waals surface area (Å²) in [7, 11) is 3.31. The van der Waals surface area contributed by atoms with Crippen LogP contribution in [-0.2, 0) is 6.42 Å². The number of aromatic amines is 1. The molecule has 0 saturated carbocycles. The Balaban J connectivity index is 1.31. The molecule has 8 heteroatoms. The molecule has 4 rings (SSSR count). The highest BCUT2D eigenvalue weighted by atomic mass is 16.5. The van der Waals surface area contributed by atoms with E-state index in [9.17, 15) is 4.79 Å². The van der Waals surface area contributed by atoms with Crippen LogP contribution >= 0.6 is 0 Å². The average molecular weight is 409 g/mol. The standard InChI is InChI=1S/C22H28N6O2/c1-23-22(29)16-5-6-19-18(12-16)17(13-25-19)4-3-7-27-8-10-28(11-9-27)21-20(30-2)14-24-15-26-21/h5-6,12-15,25H,3-4,7-11H2,1-2H3,(H,23,29). The number of ether oxygens (including phenoxy) is 1. The first-order chi connectivity index (χ1) is 14.7. The fourth-order valence-electron chi connectivity index (χ4n) is 4.04. The SMILES string of the molecule is CNC(=O)c1ccc2[nH]cc(CCCN3CCN(c4ncncc4OC)CC3)c2c1. The quantitative estimate of drug-likeness (QED) is 0.623. The summed E-state index contributed by atoms with van der Waals surface area (Å²) in [6.07, 6.45) is 7.41. The Morgan fingerprint density at radius 2 is 2.10 bits per heavy atom. The smallest absolute Gasteiger partial charge is 0.251 e. The van der Waals surface area contributed by atoms with Crippen LogP contribution in [0.2, 0.25) is 0 Å². The van der Waals surface area contributed by atoms with E-state index in [0.717, 1.165) is 68.0 Å². The number of hydrogen-bond donors (Lipinski definition) is 2. The number of benzene rings is 1. The molecule has 2 N–H and O–H groups in total. The van der Waals surface area contributed by atoms with Gasteiger partial charge < -0.3 is 19.9 Å². The van der Waals surface area contributed by atoms with Gasteiger partial charge in [0.1, 0.15) is 6.33 Å². The molecule has 158 valence electrons. The lowest BCUT2D eigenvalue weighted by Gasteiger charge is -2.35. The van der Waals surface area contributed by atoms with Gasteiger partial charge in [0.2, 0.25) is 0 Å². The van der Waals surface area contributed by atoms with E-state index in [4.69, 9.17) is 4.74 Å². The number of nitrogens with zero attached hydrogens (tertiary/aromatic N) is 4. The summed E-state index contributed by atoms with van der Waals surface area (Å²) in [5, 5.41) is 3.83. The highest BCUT2D eigenvalue weighted by Crippen LogP contribution is 2.25. The number of rotatable bonds is 7. The summed E-state index contributed by atoms with van der Waals surface area (Å²) < 4.78 is 5.39. The number of hydrogen-bond acceptors (Lipinski definition) is 6. The number of piperazine rings is 1. The van der Waals surface area contributed by atoms with Gasteiger partial charge in [-0.05, 0) is 43.1 Å². The van der Waals surface area contributed by atoms with E-state index in [1.54, 1.807) is 26.7 Å². The molecule has 1 aliphatic heterocycles. The molecular formula is C22H28N6O2. The Hall–Kier alpha value is -3.13. The van der Waals surface area contributed by atoms with Crippen molar-refractivity contribution in [3.8, 4) is 5.75 Å². The summed E-state index contributed by atoms with van der Waals surface area (Å²) >= 11 is 0. The van der Waals surface area contributed by atoms with Crippen LogP contribution in [0.25, 0.3) is 10.9 Å². The Morgan fingerprint density at radius 1 is 1.27 bits per heavy atom. The summed E-state index contributed by atoms with van der Waals surface area (Å²) in [6, 6.07) is 5.81. The number of fused-ring (bicyclic) bond motifs is 1. The molecule has 0 bridgehead atoms. The minimum Gasteiger partial charge on any atom is -0.491 e. The van der Waals surface area contributed by atoms with Crippen molar-refractivity contribution in [3.05, 3.63) is 48.0 Å². The molecule has 1 amide bonds. The van der Waals surface area contributed by atoms with E-state index in [1.165, 1.54) is 5.56 Å². The van der Waals surface area contributed by atoms with Gasteiger partial charge in [-0.2, -0.15) is 0 Å². The van der Waals surface area contributed by atoms with Crippen molar-refractivity contribution in [2.45, 2.75) is 12.8 Å². The number of aryl methyl sites for hydroxylation is 1. The maximum atomic E-state index is 11.9. The van der Waals surface area contributed by atoms with Gasteiger partial charge in [0.05, 0.1) is 13.3 Å². The summed E-state index contributed by atoms with van der Waals surface area (Å²) in [4.78, 5) is 28.4. The Morgan fingerprint density at radius 3 is 2.87 bits per heavy atom. The second-order valence-corrected chi connectivity index (χ2v) is 7.50. The number of anilines is 1. The van der Waals surface area contributed by atoms with Crippen LogP contribution in [0.3, 0.4) is 0 Å². The van der Waals surface area contributed by atoms with Crippen LogP contribution in [-0.4, -0.2) is 72.6 Å². The predicted molar refractivity (Wildman–Crippen MR) is 117 cm³/mol. The van der Waals surface area contributed by atoms with Crippen LogP contribution in [0.4, 0.5) is 5.82 Å². The van der Waals surface area contributed by atoms with E-state index in [-0.39, 0.29) is 5.91 Å². The molecular weight excluding hydrogens is 380 g/mol. The van der Waals surface area contributed by atoms with Crippen molar-refractivity contribution in [2.24, 2.45) is 0 Å². The van der Waals surface area contributed by atoms with Gasteiger partial charge in [-0.1, -0.05) is 0 Å². The van der Waals surface area contributed by atoms with Gasteiger partial charge in [-0.3, -0.25) is 9.69 Å². The molecule has 3 heterocycles. The maximum absolute atomic E-state index is 11.9. The first kappa shape index (κ1) is 20.2. The van der Waals surface area contributed by atoms with Gasteiger partial charge in [0.25, 0.3) is 5.91 Å². The molecule has 0 aliphatic carbocycles. The van der Waals surface area contributed by atoms with Crippen molar-refractivity contribution in [1.82, 2.24) is 25.2 Å². The summed E-state index contributed by atoms with van der Waals surface area (Å²) in [6.45, 7) is 4.91. The molecule has 0 spiro atoms. The Kier molecular flexibility index (Phi) is 6.13. The number of carbonyl (C=O) groups is 1. The third-order valence-electron chi connectivity index (χ3n) is 5.73. The van der Waals surface area contributed by atoms with Gasteiger partial charge >= 0.3 is 0 Å². The zero-order chi connectivity index (χ0) is 20.9. The second-order valence-electron chi connectivity index (χ2n) is 7.50. The molecule has 1 aromatic carbocycles. The zero-order valence-corrected chi connectivity index (χ0v) is 17.5. The molecule has 1 aliphatic rings. The highest BCUT2D eigenvalue weighted by Gasteiger charge is 2.20. The predicted octanol–water partition coefficient (Wildman–Crippen LogP) is 2.08. The van der Waals surface area contributed by atoms with E-state index in [0.29, 0.717) is 5.56 Å². The van der Waals surface area contributed by atoms with E-state index < -0.39 is 0 Å². The second kappa shape index (κ2) is 9.13. The van der Waals surface area contributed by atoms with Crippen molar-refractivity contribution in [2.75, 3.05) is 51.8 Å². The Labute approximate surface area is 176 Å². The number of H-pyrrole nitrogens is 1. The van der Waals surface area contributed by atoms with Crippen LogP contribution in [0, 0.1) is 0 Å². The van der Waals surface area contributed by atoms with Crippen molar-refractivity contribution >= 4 is 22.6 Å². The fraction of sp³-hybridized carbons (Fsp3) is 0.409. The van der Waals surface area contributed by atoms with Crippen LogP contribution in [0.15, 0.2) is 36.9 Å². The van der Waals surface area contributed by atoms with E-state index in [1.807, 2.05) is 18.2 Å². The zero-order valence-electron chi connectivity index (χ0n) is 17.5. The van der Waals surface area contributed by atoms with E-state index in [2.05, 4.69) is 36.3 Å². The minimum atomic E-state index is -0.0535. The van der Waals surface area contributed by atoms with Crippen molar-refractivity contribution in [1.29, 1.82) is 0 Å². The summed E-state index contributed by atoms with van der Waals surface area (Å²) in [5.74, 6) is 1.54. The lowest BCUT2D eigenvalue weighted by atomic mass is 10.1. The minimum absolute atomic E-state index is 0.0535. The Bertz CT molecular complexity index is 1010. The molecule has 2 aromatic heterocycles. The van der Waals surface area contributed by atoms with Gasteiger partial charge in [0.15, 0.2) is 11.6 Å². The summed E-state index contributed by atoms with van der Waals surface area (Å²) in [5.41, 5.74) is 3.03. The monoisotopic (exact) mass is 408 g/mol. The fourth-order valence-corrected chi connectivity index (χ4v) is 4.04. The molecule has 0 radical (unpaired) electrons. The number of amides is 1. The number of aromatic nitrogens is 3. The average Bonchev–Trinajstić information content (AvgIpc) is 3.21. The lowest BCUT2D eigenvalue weighted by molar-refractivity contribution is 0.0963. The van der Waals surface area contributed by atoms with Crippen LogP contribution in [0.1, 0.15) is 22.3 Å².